The Morgan fingerprint density at radius 2 is 2.00 bits per heavy atom. The SMILES string of the molecule is Cc1ccc(C(C)C)cc1NCC(C)(C)C(=O)O. The van der Waals surface area contributed by atoms with E-state index in [2.05, 4.69) is 37.4 Å². The van der Waals surface area contributed by atoms with Gasteiger partial charge in [-0.25, -0.2) is 0 Å². The van der Waals surface area contributed by atoms with Gasteiger partial charge in [0.1, 0.15) is 0 Å². The topological polar surface area (TPSA) is 49.3 Å². The number of anilines is 1. The second-order valence-electron chi connectivity index (χ2n) is 5.77. The number of aryl methyl sites for hydroxylation is 1. The van der Waals surface area contributed by atoms with Crippen molar-refractivity contribution >= 4 is 11.7 Å². The van der Waals surface area contributed by atoms with Gasteiger partial charge in [-0.3, -0.25) is 4.79 Å². The van der Waals surface area contributed by atoms with E-state index in [0.717, 1.165) is 11.3 Å². The lowest BCUT2D eigenvalue weighted by Crippen LogP contribution is -2.31. The second-order valence-corrected chi connectivity index (χ2v) is 5.77. The van der Waals surface area contributed by atoms with E-state index in [-0.39, 0.29) is 0 Å². The minimum atomic E-state index is -0.785. The highest BCUT2D eigenvalue weighted by molar-refractivity contribution is 5.74. The summed E-state index contributed by atoms with van der Waals surface area (Å²) in [4.78, 5) is 11.1. The van der Waals surface area contributed by atoms with Gasteiger partial charge >= 0.3 is 5.97 Å². The van der Waals surface area contributed by atoms with Gasteiger partial charge in [0.05, 0.1) is 5.41 Å². The molecule has 3 heteroatoms. The van der Waals surface area contributed by atoms with Gasteiger partial charge in [-0.1, -0.05) is 26.0 Å². The molecule has 0 radical (unpaired) electrons. The standard InChI is InChI=1S/C15H23NO2/c1-10(2)12-7-6-11(3)13(8-12)16-9-15(4,5)14(17)18/h6-8,10,16H,9H2,1-5H3,(H,17,18). The van der Waals surface area contributed by atoms with Crippen LogP contribution in [0.25, 0.3) is 0 Å². The minimum Gasteiger partial charge on any atom is -0.481 e. The fraction of sp³-hybridized carbons (Fsp3) is 0.533. The highest BCUT2D eigenvalue weighted by Crippen LogP contribution is 2.24. The molecule has 0 heterocycles. The van der Waals surface area contributed by atoms with Crippen LogP contribution in [0.2, 0.25) is 0 Å². The number of carboxylic acid groups (broad SMARTS) is 1. The Morgan fingerprint density at radius 1 is 1.39 bits per heavy atom. The Bertz CT molecular complexity index is 436. The van der Waals surface area contributed by atoms with Crippen LogP contribution >= 0.6 is 0 Å². The maximum Gasteiger partial charge on any atom is 0.310 e. The molecule has 0 aliphatic carbocycles. The molecular weight excluding hydrogens is 226 g/mol. The fourth-order valence-electron chi connectivity index (χ4n) is 1.58. The molecule has 0 saturated carbocycles. The molecule has 0 aliphatic heterocycles. The maximum atomic E-state index is 11.1. The summed E-state index contributed by atoms with van der Waals surface area (Å²) in [5.41, 5.74) is 2.66. The zero-order chi connectivity index (χ0) is 13.9. The number of nitrogens with one attached hydrogen (secondary N) is 1. The maximum absolute atomic E-state index is 11.1. The first-order chi connectivity index (χ1) is 8.24. The van der Waals surface area contributed by atoms with Crippen molar-refractivity contribution in [1.29, 1.82) is 0 Å². The summed E-state index contributed by atoms with van der Waals surface area (Å²) in [6.45, 7) is 10.2. The summed E-state index contributed by atoms with van der Waals surface area (Å²) in [6, 6.07) is 6.30. The molecule has 18 heavy (non-hydrogen) atoms. The zero-order valence-corrected chi connectivity index (χ0v) is 11.9. The highest BCUT2D eigenvalue weighted by Gasteiger charge is 2.26. The van der Waals surface area contributed by atoms with Crippen LogP contribution in [0.1, 0.15) is 44.7 Å². The number of hydrogen-bond acceptors (Lipinski definition) is 2. The number of carboxylic acids is 1. The lowest BCUT2D eigenvalue weighted by Gasteiger charge is -2.21. The smallest absolute Gasteiger partial charge is 0.310 e. The molecule has 1 aromatic rings. The molecule has 1 aromatic carbocycles. The first kappa shape index (κ1) is 14.6. The van der Waals surface area contributed by atoms with Gasteiger partial charge in [-0.05, 0) is 43.9 Å². The quantitative estimate of drug-likeness (QED) is 0.837. The number of aliphatic carboxylic acids is 1. The lowest BCUT2D eigenvalue weighted by molar-refractivity contribution is -0.146. The van der Waals surface area contributed by atoms with Crippen molar-refractivity contribution in [2.24, 2.45) is 5.41 Å². The zero-order valence-electron chi connectivity index (χ0n) is 11.9. The van der Waals surface area contributed by atoms with Gasteiger partial charge in [-0.15, -0.1) is 0 Å². The first-order valence-electron chi connectivity index (χ1n) is 6.32. The first-order valence-corrected chi connectivity index (χ1v) is 6.32. The lowest BCUT2D eigenvalue weighted by atomic mass is 9.93. The predicted octanol–water partition coefficient (Wildman–Crippen LogP) is 3.64. The Morgan fingerprint density at radius 3 is 2.50 bits per heavy atom. The van der Waals surface area contributed by atoms with Crippen LogP contribution in [0.5, 0.6) is 0 Å². The summed E-state index contributed by atoms with van der Waals surface area (Å²) >= 11 is 0. The molecule has 1 rings (SSSR count). The highest BCUT2D eigenvalue weighted by atomic mass is 16.4. The molecule has 0 aromatic heterocycles. The summed E-state index contributed by atoms with van der Waals surface area (Å²) in [5, 5.41) is 12.3. The van der Waals surface area contributed by atoms with Crippen molar-refractivity contribution in [3.05, 3.63) is 29.3 Å². The third-order valence-corrected chi connectivity index (χ3v) is 3.23. The van der Waals surface area contributed by atoms with Crippen molar-refractivity contribution in [3.8, 4) is 0 Å². The van der Waals surface area contributed by atoms with Crippen LogP contribution in [-0.2, 0) is 4.79 Å². The fourth-order valence-corrected chi connectivity index (χ4v) is 1.58. The Kier molecular flexibility index (Phi) is 4.38. The second kappa shape index (κ2) is 5.42. The van der Waals surface area contributed by atoms with Crippen LogP contribution in [0.4, 0.5) is 5.69 Å². The van der Waals surface area contributed by atoms with Gasteiger partial charge in [0.25, 0.3) is 0 Å². The Labute approximate surface area is 109 Å². The number of rotatable bonds is 5. The third kappa shape index (κ3) is 3.49. The summed E-state index contributed by atoms with van der Waals surface area (Å²) in [5.74, 6) is -0.314. The number of hydrogen-bond donors (Lipinski definition) is 2. The van der Waals surface area contributed by atoms with Gasteiger partial charge in [-0.2, -0.15) is 0 Å². The summed E-state index contributed by atoms with van der Waals surface area (Å²) < 4.78 is 0. The van der Waals surface area contributed by atoms with E-state index < -0.39 is 11.4 Å². The molecule has 0 fully saturated rings. The van der Waals surface area contributed by atoms with Crippen LogP contribution in [0.15, 0.2) is 18.2 Å². The molecule has 0 aliphatic rings. The molecule has 2 N–H and O–H groups in total. The van der Waals surface area contributed by atoms with Crippen LogP contribution < -0.4 is 5.32 Å². The molecule has 0 unspecified atom stereocenters. The van der Waals surface area contributed by atoms with Crippen molar-refractivity contribution in [2.45, 2.75) is 40.5 Å². The van der Waals surface area contributed by atoms with E-state index in [1.807, 2.05) is 6.92 Å². The van der Waals surface area contributed by atoms with Crippen molar-refractivity contribution in [3.63, 3.8) is 0 Å². The van der Waals surface area contributed by atoms with E-state index in [1.54, 1.807) is 13.8 Å². The van der Waals surface area contributed by atoms with E-state index in [1.165, 1.54) is 5.56 Å². The summed E-state index contributed by atoms with van der Waals surface area (Å²) in [6.07, 6.45) is 0. The van der Waals surface area contributed by atoms with Gasteiger partial charge in [0, 0.05) is 12.2 Å². The molecular formula is C15H23NO2. The molecule has 0 atom stereocenters. The van der Waals surface area contributed by atoms with Gasteiger partial charge in [0.2, 0.25) is 0 Å². The average molecular weight is 249 g/mol. The van der Waals surface area contributed by atoms with Crippen molar-refractivity contribution in [2.75, 3.05) is 11.9 Å². The monoisotopic (exact) mass is 249 g/mol. The largest absolute Gasteiger partial charge is 0.481 e. The number of carbonyl (C=O) groups is 1. The van der Waals surface area contributed by atoms with Crippen LogP contribution in [0.3, 0.4) is 0 Å². The molecule has 100 valence electrons. The van der Waals surface area contributed by atoms with E-state index >= 15 is 0 Å². The minimum absolute atomic E-state index is 0.421. The Balaban J connectivity index is 2.84. The average Bonchev–Trinajstić information content (AvgIpc) is 2.27. The number of benzene rings is 1. The van der Waals surface area contributed by atoms with Crippen molar-refractivity contribution in [1.82, 2.24) is 0 Å². The molecule has 3 nitrogen and oxygen atoms in total. The molecule has 0 saturated heterocycles. The molecule has 0 amide bonds. The van der Waals surface area contributed by atoms with Gasteiger partial charge < -0.3 is 10.4 Å². The van der Waals surface area contributed by atoms with Crippen LogP contribution in [0, 0.1) is 12.3 Å². The van der Waals surface area contributed by atoms with E-state index in [4.69, 9.17) is 5.11 Å². The third-order valence-electron chi connectivity index (χ3n) is 3.23. The van der Waals surface area contributed by atoms with E-state index in [9.17, 15) is 4.79 Å². The van der Waals surface area contributed by atoms with E-state index in [0.29, 0.717) is 12.5 Å². The molecule has 0 bridgehead atoms. The molecule has 0 spiro atoms. The van der Waals surface area contributed by atoms with Crippen LogP contribution in [-0.4, -0.2) is 17.6 Å². The Hall–Kier alpha value is -1.51. The predicted molar refractivity (Wildman–Crippen MR) is 75.2 cm³/mol. The van der Waals surface area contributed by atoms with Crippen molar-refractivity contribution < 1.29 is 9.90 Å². The normalized spacial score (nSPS) is 11.7. The van der Waals surface area contributed by atoms with Gasteiger partial charge in [0.15, 0.2) is 0 Å². The summed E-state index contributed by atoms with van der Waals surface area (Å²) in [7, 11) is 0.